The lowest BCUT2D eigenvalue weighted by Crippen LogP contribution is -2.42. The number of rotatable bonds is 2. The van der Waals surface area contributed by atoms with Crippen LogP contribution in [0.2, 0.25) is 0 Å². The van der Waals surface area contributed by atoms with Crippen molar-refractivity contribution in [3.05, 3.63) is 54.1 Å². The first kappa shape index (κ1) is 14.4. The molecule has 0 aromatic heterocycles. The highest BCUT2D eigenvalue weighted by atomic mass is 16.5. The SMILES string of the molecule is CC1CN(C(=O)c2cccc(N(C)C)c2)c2ccccc2O1. The average molecular weight is 296 g/mol. The maximum absolute atomic E-state index is 12.9. The van der Waals surface area contributed by atoms with Crippen LogP contribution in [0.3, 0.4) is 0 Å². The first-order valence-electron chi connectivity index (χ1n) is 7.41. The Morgan fingerprint density at radius 1 is 1.18 bits per heavy atom. The van der Waals surface area contributed by atoms with Gasteiger partial charge in [-0.2, -0.15) is 0 Å². The van der Waals surface area contributed by atoms with Gasteiger partial charge in [-0.05, 0) is 37.3 Å². The Balaban J connectivity index is 1.97. The summed E-state index contributed by atoms with van der Waals surface area (Å²) in [5.74, 6) is 0.768. The number of nitrogens with zero attached hydrogens (tertiary/aromatic N) is 2. The van der Waals surface area contributed by atoms with Crippen molar-refractivity contribution >= 4 is 17.3 Å². The van der Waals surface area contributed by atoms with Crippen molar-refractivity contribution in [2.24, 2.45) is 0 Å². The summed E-state index contributed by atoms with van der Waals surface area (Å²) >= 11 is 0. The summed E-state index contributed by atoms with van der Waals surface area (Å²) < 4.78 is 5.81. The van der Waals surface area contributed by atoms with Gasteiger partial charge in [0.1, 0.15) is 11.9 Å². The molecule has 1 aliphatic rings. The van der Waals surface area contributed by atoms with Crippen molar-refractivity contribution in [1.29, 1.82) is 0 Å². The van der Waals surface area contributed by atoms with E-state index in [0.717, 1.165) is 17.1 Å². The van der Waals surface area contributed by atoms with Crippen LogP contribution in [0.25, 0.3) is 0 Å². The molecule has 22 heavy (non-hydrogen) atoms. The quantitative estimate of drug-likeness (QED) is 0.853. The van der Waals surface area contributed by atoms with E-state index in [1.54, 1.807) is 4.90 Å². The Bertz CT molecular complexity index is 697. The summed E-state index contributed by atoms with van der Waals surface area (Å²) in [5.41, 5.74) is 2.54. The minimum absolute atomic E-state index is 0.00583. The van der Waals surface area contributed by atoms with E-state index in [2.05, 4.69) is 0 Å². The molecule has 2 aromatic rings. The number of amides is 1. The minimum atomic E-state index is -0.0177. The lowest BCUT2D eigenvalue weighted by molar-refractivity contribution is 0.0961. The molecule has 0 radical (unpaired) electrons. The number of para-hydroxylation sites is 2. The summed E-state index contributed by atoms with van der Waals surface area (Å²) in [6.07, 6.45) is -0.0177. The van der Waals surface area contributed by atoms with Crippen LogP contribution in [0.4, 0.5) is 11.4 Å². The van der Waals surface area contributed by atoms with Gasteiger partial charge in [0.25, 0.3) is 5.91 Å². The van der Waals surface area contributed by atoms with Crippen LogP contribution >= 0.6 is 0 Å². The highest BCUT2D eigenvalue weighted by Gasteiger charge is 2.28. The number of hydrogen-bond acceptors (Lipinski definition) is 3. The third-order valence-corrected chi connectivity index (χ3v) is 3.78. The molecule has 0 saturated heterocycles. The standard InChI is InChI=1S/C18H20N2O2/c1-13-12-20(16-9-4-5-10-17(16)22-13)18(21)14-7-6-8-15(11-14)19(2)3/h4-11,13H,12H2,1-3H3. The lowest BCUT2D eigenvalue weighted by atomic mass is 10.1. The maximum atomic E-state index is 12.9. The van der Waals surface area contributed by atoms with Crippen LogP contribution in [0.1, 0.15) is 17.3 Å². The Labute approximate surface area is 130 Å². The van der Waals surface area contributed by atoms with Crippen molar-refractivity contribution in [2.75, 3.05) is 30.4 Å². The van der Waals surface area contributed by atoms with Crippen molar-refractivity contribution < 1.29 is 9.53 Å². The van der Waals surface area contributed by atoms with Crippen molar-refractivity contribution in [2.45, 2.75) is 13.0 Å². The Kier molecular flexibility index (Phi) is 3.75. The summed E-state index contributed by atoms with van der Waals surface area (Å²) in [5, 5.41) is 0. The van der Waals surface area contributed by atoms with Gasteiger partial charge in [-0.3, -0.25) is 4.79 Å². The summed E-state index contributed by atoms with van der Waals surface area (Å²) in [7, 11) is 3.94. The highest BCUT2D eigenvalue weighted by Crippen LogP contribution is 2.34. The van der Waals surface area contributed by atoms with E-state index in [4.69, 9.17) is 4.74 Å². The van der Waals surface area contributed by atoms with Crippen LogP contribution in [-0.2, 0) is 0 Å². The highest BCUT2D eigenvalue weighted by molar-refractivity contribution is 6.07. The number of fused-ring (bicyclic) bond motifs is 1. The molecule has 0 spiro atoms. The number of ether oxygens (including phenoxy) is 1. The third kappa shape index (κ3) is 2.64. The number of hydrogen-bond donors (Lipinski definition) is 0. The summed E-state index contributed by atoms with van der Waals surface area (Å²) in [6, 6.07) is 15.4. The van der Waals surface area contributed by atoms with Crippen LogP contribution in [0.5, 0.6) is 5.75 Å². The van der Waals surface area contributed by atoms with Crippen molar-refractivity contribution in [1.82, 2.24) is 0 Å². The van der Waals surface area contributed by atoms with E-state index in [9.17, 15) is 4.79 Å². The molecule has 1 amide bonds. The number of carbonyl (C=O) groups excluding carboxylic acids is 1. The zero-order chi connectivity index (χ0) is 15.7. The lowest BCUT2D eigenvalue weighted by Gasteiger charge is -2.33. The second-order valence-electron chi connectivity index (χ2n) is 5.76. The van der Waals surface area contributed by atoms with E-state index in [-0.39, 0.29) is 12.0 Å². The molecule has 4 nitrogen and oxygen atoms in total. The second kappa shape index (κ2) is 5.72. The molecule has 1 unspecified atom stereocenters. The van der Waals surface area contributed by atoms with Crippen molar-refractivity contribution in [3.8, 4) is 5.75 Å². The number of carbonyl (C=O) groups is 1. The molecule has 3 rings (SSSR count). The molecule has 0 saturated carbocycles. The summed E-state index contributed by atoms with van der Waals surface area (Å²) in [6.45, 7) is 2.54. The van der Waals surface area contributed by atoms with Gasteiger partial charge in [0.15, 0.2) is 0 Å². The van der Waals surface area contributed by atoms with Crippen LogP contribution in [0.15, 0.2) is 48.5 Å². The third-order valence-electron chi connectivity index (χ3n) is 3.78. The molecule has 1 atom stereocenters. The topological polar surface area (TPSA) is 32.8 Å². The molecule has 0 aliphatic carbocycles. The molecule has 0 fully saturated rings. The van der Waals surface area contributed by atoms with Crippen LogP contribution < -0.4 is 14.5 Å². The van der Waals surface area contributed by atoms with Gasteiger partial charge in [0.05, 0.1) is 12.2 Å². The predicted molar refractivity (Wildman–Crippen MR) is 89.0 cm³/mol. The Morgan fingerprint density at radius 3 is 2.73 bits per heavy atom. The maximum Gasteiger partial charge on any atom is 0.258 e. The van der Waals surface area contributed by atoms with E-state index < -0.39 is 0 Å². The van der Waals surface area contributed by atoms with Crippen LogP contribution in [0, 0.1) is 0 Å². The largest absolute Gasteiger partial charge is 0.487 e. The zero-order valence-corrected chi connectivity index (χ0v) is 13.1. The summed E-state index contributed by atoms with van der Waals surface area (Å²) in [4.78, 5) is 16.7. The van der Waals surface area contributed by atoms with E-state index in [0.29, 0.717) is 12.1 Å². The molecule has 1 aliphatic heterocycles. The average Bonchev–Trinajstić information content (AvgIpc) is 2.53. The van der Waals surface area contributed by atoms with Gasteiger partial charge in [-0.25, -0.2) is 0 Å². The smallest absolute Gasteiger partial charge is 0.258 e. The van der Waals surface area contributed by atoms with Gasteiger partial charge in [-0.1, -0.05) is 18.2 Å². The van der Waals surface area contributed by atoms with Crippen LogP contribution in [-0.4, -0.2) is 32.7 Å². The van der Waals surface area contributed by atoms with Gasteiger partial charge in [0.2, 0.25) is 0 Å². The molecule has 1 heterocycles. The van der Waals surface area contributed by atoms with Crippen molar-refractivity contribution in [3.63, 3.8) is 0 Å². The molecule has 0 bridgehead atoms. The van der Waals surface area contributed by atoms with E-state index >= 15 is 0 Å². The van der Waals surface area contributed by atoms with Gasteiger partial charge in [-0.15, -0.1) is 0 Å². The monoisotopic (exact) mass is 296 g/mol. The number of benzene rings is 2. The molecule has 114 valence electrons. The molecular formula is C18H20N2O2. The molecule has 2 aromatic carbocycles. The normalized spacial score (nSPS) is 16.7. The first-order valence-corrected chi connectivity index (χ1v) is 7.41. The zero-order valence-electron chi connectivity index (χ0n) is 13.1. The van der Waals surface area contributed by atoms with Gasteiger partial charge in [0, 0.05) is 25.3 Å². The number of anilines is 2. The fraction of sp³-hybridized carbons (Fsp3) is 0.278. The van der Waals surface area contributed by atoms with Gasteiger partial charge < -0.3 is 14.5 Å². The minimum Gasteiger partial charge on any atom is -0.487 e. The fourth-order valence-corrected chi connectivity index (χ4v) is 2.65. The molecule has 0 N–H and O–H groups in total. The Morgan fingerprint density at radius 2 is 1.95 bits per heavy atom. The molecule has 4 heteroatoms. The van der Waals surface area contributed by atoms with E-state index in [1.165, 1.54) is 0 Å². The van der Waals surface area contributed by atoms with E-state index in [1.807, 2.05) is 74.4 Å². The Hall–Kier alpha value is -2.49. The molecular weight excluding hydrogens is 276 g/mol. The second-order valence-corrected chi connectivity index (χ2v) is 5.76. The predicted octanol–water partition coefficient (Wildman–Crippen LogP) is 3.18. The van der Waals surface area contributed by atoms with Gasteiger partial charge >= 0.3 is 0 Å². The fourth-order valence-electron chi connectivity index (χ4n) is 2.65. The first-order chi connectivity index (χ1) is 10.6.